The second-order valence-corrected chi connectivity index (χ2v) is 6.99. The number of rotatable bonds is 6. The van der Waals surface area contributed by atoms with E-state index >= 15 is 0 Å². The maximum Gasteiger partial charge on any atom is -0.0144 e. The molecule has 0 amide bonds. The lowest BCUT2D eigenvalue weighted by atomic mass is 9.86. The van der Waals surface area contributed by atoms with Crippen molar-refractivity contribution in [3.8, 4) is 0 Å². The monoisotopic (exact) mass is 324 g/mol. The second kappa shape index (κ2) is 8.70. The lowest BCUT2D eigenvalue weighted by Crippen LogP contribution is -2.01. The first-order chi connectivity index (χ1) is 11.7. The third-order valence-corrected chi connectivity index (χ3v) is 5.56. The zero-order valence-corrected chi connectivity index (χ0v) is 16.8. The zero-order valence-electron chi connectivity index (χ0n) is 16.8. The molecule has 1 saturated carbocycles. The van der Waals surface area contributed by atoms with Crippen molar-refractivity contribution in [1.29, 1.82) is 0 Å². The molecule has 0 bridgehead atoms. The largest absolute Gasteiger partial charge is 0.0683 e. The van der Waals surface area contributed by atoms with Gasteiger partial charge in [-0.1, -0.05) is 65.7 Å². The standard InChI is InChI=1S/C22H30.C2H6/c1-5-18-15(4)14-22-19(6-2)17(11-10-16-8-9-16)12-13-21(22)20(18)7-3;1-2/h12-14,16H,5-11H2,1-4H3;1-2H3. The van der Waals surface area contributed by atoms with Crippen LogP contribution in [-0.4, -0.2) is 0 Å². The van der Waals surface area contributed by atoms with Crippen molar-refractivity contribution in [1.82, 2.24) is 0 Å². The van der Waals surface area contributed by atoms with Gasteiger partial charge in [0, 0.05) is 0 Å². The molecular weight excluding hydrogens is 288 g/mol. The molecule has 0 unspecified atom stereocenters. The van der Waals surface area contributed by atoms with Crippen LogP contribution in [0.5, 0.6) is 0 Å². The Balaban J connectivity index is 0.00000100. The highest BCUT2D eigenvalue weighted by molar-refractivity contribution is 5.91. The highest BCUT2D eigenvalue weighted by Crippen LogP contribution is 2.36. The molecular formula is C24H36. The summed E-state index contributed by atoms with van der Waals surface area (Å²) in [5, 5.41) is 3.04. The van der Waals surface area contributed by atoms with E-state index in [0.717, 1.165) is 25.2 Å². The van der Waals surface area contributed by atoms with Crippen LogP contribution in [-0.2, 0) is 25.7 Å². The number of aryl methyl sites for hydroxylation is 4. The first-order valence-corrected chi connectivity index (χ1v) is 10.2. The highest BCUT2D eigenvalue weighted by Gasteiger charge is 2.21. The van der Waals surface area contributed by atoms with Crippen molar-refractivity contribution in [2.45, 2.75) is 86.5 Å². The highest BCUT2D eigenvalue weighted by atomic mass is 14.3. The summed E-state index contributed by atoms with van der Waals surface area (Å²) in [6, 6.07) is 7.30. The van der Waals surface area contributed by atoms with Crippen molar-refractivity contribution < 1.29 is 0 Å². The lowest BCUT2D eigenvalue weighted by molar-refractivity contribution is 0.723. The van der Waals surface area contributed by atoms with Crippen molar-refractivity contribution in [2.75, 3.05) is 0 Å². The van der Waals surface area contributed by atoms with Crippen LogP contribution >= 0.6 is 0 Å². The molecule has 2 aromatic carbocycles. The van der Waals surface area contributed by atoms with Crippen LogP contribution in [0.4, 0.5) is 0 Å². The van der Waals surface area contributed by atoms with Gasteiger partial charge in [0.2, 0.25) is 0 Å². The topological polar surface area (TPSA) is 0 Å². The van der Waals surface area contributed by atoms with Gasteiger partial charge < -0.3 is 0 Å². The van der Waals surface area contributed by atoms with Gasteiger partial charge >= 0.3 is 0 Å². The molecule has 3 rings (SSSR count). The van der Waals surface area contributed by atoms with Crippen LogP contribution in [0.2, 0.25) is 0 Å². The first kappa shape index (κ1) is 19.0. The van der Waals surface area contributed by atoms with Crippen molar-refractivity contribution in [3.05, 3.63) is 46.0 Å². The minimum atomic E-state index is 1.02. The molecule has 1 aliphatic rings. The number of hydrogen-bond acceptors (Lipinski definition) is 0. The molecule has 0 aromatic heterocycles. The number of hydrogen-bond donors (Lipinski definition) is 0. The number of benzene rings is 2. The Morgan fingerprint density at radius 3 is 2.00 bits per heavy atom. The Hall–Kier alpha value is -1.30. The third-order valence-electron chi connectivity index (χ3n) is 5.56. The molecule has 2 aromatic rings. The van der Waals surface area contributed by atoms with Gasteiger partial charge in [-0.25, -0.2) is 0 Å². The summed E-state index contributed by atoms with van der Waals surface area (Å²) in [5.41, 5.74) is 7.86. The molecule has 0 heterocycles. The minimum Gasteiger partial charge on any atom is -0.0683 e. The molecule has 0 saturated heterocycles. The predicted octanol–water partition coefficient (Wildman–Crippen LogP) is 7.20. The summed E-state index contributed by atoms with van der Waals surface area (Å²) in [6.07, 6.45) is 9.06. The van der Waals surface area contributed by atoms with E-state index < -0.39 is 0 Å². The van der Waals surface area contributed by atoms with Gasteiger partial charge in [-0.15, -0.1) is 0 Å². The van der Waals surface area contributed by atoms with E-state index in [9.17, 15) is 0 Å². The zero-order chi connectivity index (χ0) is 17.7. The van der Waals surface area contributed by atoms with E-state index in [-0.39, 0.29) is 0 Å². The average molecular weight is 325 g/mol. The third kappa shape index (κ3) is 3.85. The van der Waals surface area contributed by atoms with Gasteiger partial charge in [0.05, 0.1) is 0 Å². The summed E-state index contributed by atoms with van der Waals surface area (Å²) in [6.45, 7) is 13.2. The normalized spacial score (nSPS) is 13.8. The molecule has 0 atom stereocenters. The Labute approximate surface area is 149 Å². The molecule has 1 aliphatic carbocycles. The van der Waals surface area contributed by atoms with Crippen molar-refractivity contribution in [2.24, 2.45) is 5.92 Å². The van der Waals surface area contributed by atoms with E-state index in [2.05, 4.69) is 45.9 Å². The van der Waals surface area contributed by atoms with Gasteiger partial charge in [-0.2, -0.15) is 0 Å². The van der Waals surface area contributed by atoms with Gasteiger partial charge in [-0.3, -0.25) is 0 Å². The quantitative estimate of drug-likeness (QED) is 0.527. The van der Waals surface area contributed by atoms with E-state index in [1.807, 2.05) is 13.8 Å². The van der Waals surface area contributed by atoms with Crippen LogP contribution in [0.3, 0.4) is 0 Å². The molecule has 132 valence electrons. The van der Waals surface area contributed by atoms with E-state index in [1.54, 1.807) is 22.3 Å². The first-order valence-electron chi connectivity index (χ1n) is 10.2. The average Bonchev–Trinajstić information content (AvgIpc) is 3.44. The van der Waals surface area contributed by atoms with Crippen LogP contribution in [0.1, 0.15) is 81.7 Å². The van der Waals surface area contributed by atoms with Crippen molar-refractivity contribution in [3.63, 3.8) is 0 Å². The summed E-state index contributed by atoms with van der Waals surface area (Å²) >= 11 is 0. The molecule has 0 radical (unpaired) electrons. The van der Waals surface area contributed by atoms with Crippen LogP contribution in [0.15, 0.2) is 18.2 Å². The molecule has 1 fully saturated rings. The second-order valence-electron chi connectivity index (χ2n) is 6.99. The van der Waals surface area contributed by atoms with Gasteiger partial charge in [-0.05, 0) is 83.5 Å². The van der Waals surface area contributed by atoms with E-state index in [4.69, 9.17) is 0 Å². The summed E-state index contributed by atoms with van der Waals surface area (Å²) < 4.78 is 0. The van der Waals surface area contributed by atoms with Gasteiger partial charge in [0.25, 0.3) is 0 Å². The van der Waals surface area contributed by atoms with E-state index in [1.165, 1.54) is 42.0 Å². The van der Waals surface area contributed by atoms with Crippen LogP contribution in [0, 0.1) is 12.8 Å². The molecule has 0 nitrogen and oxygen atoms in total. The van der Waals surface area contributed by atoms with E-state index in [0.29, 0.717) is 0 Å². The fraction of sp³-hybridized carbons (Fsp3) is 0.583. The summed E-state index contributed by atoms with van der Waals surface area (Å²) in [4.78, 5) is 0. The minimum absolute atomic E-state index is 1.02. The Morgan fingerprint density at radius 1 is 0.833 bits per heavy atom. The molecule has 0 N–H and O–H groups in total. The fourth-order valence-electron chi connectivity index (χ4n) is 4.16. The number of fused-ring (bicyclic) bond motifs is 1. The molecule has 0 heteroatoms. The van der Waals surface area contributed by atoms with Gasteiger partial charge in [0.1, 0.15) is 0 Å². The van der Waals surface area contributed by atoms with Crippen LogP contribution in [0.25, 0.3) is 10.8 Å². The molecule has 0 spiro atoms. The molecule has 24 heavy (non-hydrogen) atoms. The van der Waals surface area contributed by atoms with Gasteiger partial charge in [0.15, 0.2) is 0 Å². The van der Waals surface area contributed by atoms with Crippen molar-refractivity contribution >= 4 is 10.8 Å². The Bertz CT molecular complexity index is 674. The SMILES string of the molecule is CC.CCc1c(C)cc2c(CC)c(CCC3CC3)ccc2c1CC. The predicted molar refractivity (Wildman–Crippen MR) is 109 cm³/mol. The summed E-state index contributed by atoms with van der Waals surface area (Å²) in [5.74, 6) is 1.02. The lowest BCUT2D eigenvalue weighted by Gasteiger charge is -2.18. The fourth-order valence-corrected chi connectivity index (χ4v) is 4.16. The molecule has 0 aliphatic heterocycles. The maximum atomic E-state index is 2.47. The maximum absolute atomic E-state index is 2.47. The Morgan fingerprint density at radius 2 is 1.46 bits per heavy atom. The Kier molecular flexibility index (Phi) is 6.90. The summed E-state index contributed by atoms with van der Waals surface area (Å²) in [7, 11) is 0. The smallest absolute Gasteiger partial charge is 0.0144 e. The van der Waals surface area contributed by atoms with Crippen LogP contribution < -0.4 is 0 Å².